The lowest BCUT2D eigenvalue weighted by Crippen LogP contribution is -2.54. The van der Waals surface area contributed by atoms with Gasteiger partial charge in [-0.3, -0.25) is 4.79 Å². The molecule has 1 unspecified atom stereocenters. The van der Waals surface area contributed by atoms with Crippen LogP contribution in [-0.4, -0.2) is 35.2 Å². The van der Waals surface area contributed by atoms with E-state index in [0.29, 0.717) is 0 Å². The smallest absolute Gasteiger partial charge is 0.416 e. The molecule has 0 saturated heterocycles. The second-order valence-corrected chi connectivity index (χ2v) is 6.61. The zero-order valence-corrected chi connectivity index (χ0v) is 13.6. The van der Waals surface area contributed by atoms with Gasteiger partial charge in [0.2, 0.25) is 4.87 Å². The van der Waals surface area contributed by atoms with Gasteiger partial charge >= 0.3 is 18.3 Å². The predicted molar refractivity (Wildman–Crippen MR) is 70.0 cm³/mol. The van der Waals surface area contributed by atoms with Crippen LogP contribution in [-0.2, 0) is 9.53 Å². The van der Waals surface area contributed by atoms with Crippen molar-refractivity contribution in [2.75, 3.05) is 6.61 Å². The van der Waals surface area contributed by atoms with Crippen LogP contribution in [0.4, 0.5) is 26.3 Å². The fraction of sp³-hybridized carbons (Fsp3) is 0.917. The Kier molecular flexibility index (Phi) is 6.91. The zero-order chi connectivity index (χ0) is 18.0. The molecule has 0 saturated carbocycles. The first-order valence-electron chi connectivity index (χ1n) is 6.20. The minimum absolute atomic E-state index is 0.0341. The predicted octanol–water partition coefficient (Wildman–Crippen LogP) is 5.07. The molecule has 2 nitrogen and oxygen atoms in total. The summed E-state index contributed by atoms with van der Waals surface area (Å²) in [6, 6.07) is 0. The van der Waals surface area contributed by atoms with Gasteiger partial charge in [-0.2, -0.15) is 26.3 Å². The lowest BCUT2D eigenvalue weighted by atomic mass is 9.80. The van der Waals surface area contributed by atoms with E-state index < -0.39 is 46.8 Å². The van der Waals surface area contributed by atoms with Gasteiger partial charge in [-0.25, -0.2) is 0 Å². The maximum absolute atomic E-state index is 12.7. The van der Waals surface area contributed by atoms with Crippen molar-refractivity contribution in [1.82, 2.24) is 0 Å². The number of hydrogen-bond acceptors (Lipinski definition) is 2. The minimum atomic E-state index is -5.74. The summed E-state index contributed by atoms with van der Waals surface area (Å²) >= 11 is 10.6. The Morgan fingerprint density at radius 1 is 1.09 bits per heavy atom. The summed E-state index contributed by atoms with van der Waals surface area (Å²) in [5.41, 5.74) is -1.37. The quantitative estimate of drug-likeness (QED) is 0.367. The number of esters is 1. The summed E-state index contributed by atoms with van der Waals surface area (Å²) < 4.78 is 81.0. The lowest BCUT2D eigenvalue weighted by Gasteiger charge is -2.37. The SMILES string of the molecule is CCOC(=O)CC(C)(C)C(Cl)CC(Cl)(C(F)(F)F)C(F)(F)F. The molecule has 0 aromatic carbocycles. The van der Waals surface area contributed by atoms with E-state index in [-0.39, 0.29) is 6.61 Å². The first kappa shape index (κ1) is 21.6. The van der Waals surface area contributed by atoms with Crippen molar-refractivity contribution in [3.05, 3.63) is 0 Å². The van der Waals surface area contributed by atoms with Crippen molar-refractivity contribution in [2.45, 2.75) is 56.2 Å². The average Bonchev–Trinajstić information content (AvgIpc) is 2.24. The molecule has 0 aromatic heterocycles. The third-order valence-electron chi connectivity index (χ3n) is 3.11. The molecule has 0 amide bonds. The fourth-order valence-corrected chi connectivity index (χ4v) is 2.15. The number of carbonyl (C=O) groups is 1. The van der Waals surface area contributed by atoms with Gasteiger partial charge in [-0.15, -0.1) is 11.6 Å². The van der Waals surface area contributed by atoms with Gasteiger partial charge in [-0.1, -0.05) is 25.4 Å². The van der Waals surface area contributed by atoms with Gasteiger partial charge in [-0.05, 0) is 12.3 Å². The van der Waals surface area contributed by atoms with E-state index in [1.807, 2.05) is 0 Å². The first-order valence-corrected chi connectivity index (χ1v) is 7.02. The van der Waals surface area contributed by atoms with Gasteiger partial charge in [0.25, 0.3) is 0 Å². The number of carbonyl (C=O) groups excluding carboxylic acids is 1. The van der Waals surface area contributed by atoms with Gasteiger partial charge in [0.05, 0.1) is 13.0 Å². The van der Waals surface area contributed by atoms with Crippen LogP contribution < -0.4 is 0 Å². The van der Waals surface area contributed by atoms with Gasteiger partial charge < -0.3 is 4.74 Å². The van der Waals surface area contributed by atoms with Crippen LogP contribution >= 0.6 is 23.2 Å². The summed E-state index contributed by atoms with van der Waals surface area (Å²) in [6.45, 7) is 4.09. The summed E-state index contributed by atoms with van der Waals surface area (Å²) in [5, 5.41) is -1.65. The summed E-state index contributed by atoms with van der Waals surface area (Å²) in [7, 11) is 0. The molecule has 22 heavy (non-hydrogen) atoms. The maximum Gasteiger partial charge on any atom is 0.416 e. The highest BCUT2D eigenvalue weighted by Gasteiger charge is 2.70. The Labute approximate surface area is 134 Å². The number of hydrogen-bond donors (Lipinski definition) is 0. The molecule has 0 aliphatic carbocycles. The molecule has 0 fully saturated rings. The lowest BCUT2D eigenvalue weighted by molar-refractivity contribution is -0.270. The number of ether oxygens (including phenoxy) is 1. The van der Waals surface area contributed by atoms with E-state index in [1.54, 1.807) is 0 Å². The molecule has 10 heteroatoms. The Hall–Kier alpha value is -0.370. The molecule has 0 aromatic rings. The average molecular weight is 377 g/mol. The Morgan fingerprint density at radius 2 is 1.50 bits per heavy atom. The minimum Gasteiger partial charge on any atom is -0.466 e. The van der Waals surface area contributed by atoms with E-state index in [4.69, 9.17) is 23.2 Å². The van der Waals surface area contributed by atoms with Crippen molar-refractivity contribution >= 4 is 29.2 Å². The highest BCUT2D eigenvalue weighted by molar-refractivity contribution is 6.27. The highest BCUT2D eigenvalue weighted by Crippen LogP contribution is 2.53. The largest absolute Gasteiger partial charge is 0.466 e. The number of alkyl halides is 8. The van der Waals surface area contributed by atoms with E-state index in [2.05, 4.69) is 4.74 Å². The number of halogens is 8. The van der Waals surface area contributed by atoms with Crippen molar-refractivity contribution in [2.24, 2.45) is 5.41 Å². The highest BCUT2D eigenvalue weighted by atomic mass is 35.5. The van der Waals surface area contributed by atoms with Crippen LogP contribution in [0.3, 0.4) is 0 Å². The van der Waals surface area contributed by atoms with Crippen LogP contribution in [0.5, 0.6) is 0 Å². The van der Waals surface area contributed by atoms with E-state index in [0.717, 1.165) is 0 Å². The monoisotopic (exact) mass is 376 g/mol. The molecule has 0 heterocycles. The van der Waals surface area contributed by atoms with E-state index >= 15 is 0 Å². The van der Waals surface area contributed by atoms with Crippen molar-refractivity contribution in [1.29, 1.82) is 0 Å². The second kappa shape index (κ2) is 7.03. The normalized spacial score (nSPS) is 15.6. The maximum atomic E-state index is 12.7. The molecule has 0 radical (unpaired) electrons. The molecular formula is C12H16Cl2F6O2. The molecule has 0 spiro atoms. The standard InChI is InChI=1S/C12H16Cl2F6O2/c1-4-22-8(21)6-9(2,3)7(13)5-10(14,11(15,16)17)12(18,19)20/h7H,4-6H2,1-3H3. The van der Waals surface area contributed by atoms with Crippen LogP contribution in [0.25, 0.3) is 0 Å². The molecule has 0 aliphatic rings. The molecule has 1 atom stereocenters. The summed E-state index contributed by atoms with van der Waals surface area (Å²) in [6.07, 6.45) is -13.5. The third-order valence-corrected chi connectivity index (χ3v) is 4.44. The fourth-order valence-electron chi connectivity index (χ4n) is 1.61. The Morgan fingerprint density at radius 3 is 1.82 bits per heavy atom. The zero-order valence-electron chi connectivity index (χ0n) is 12.0. The van der Waals surface area contributed by atoms with Crippen molar-refractivity contribution < 1.29 is 35.9 Å². The van der Waals surface area contributed by atoms with Crippen LogP contribution in [0.1, 0.15) is 33.6 Å². The molecule has 132 valence electrons. The van der Waals surface area contributed by atoms with Crippen molar-refractivity contribution in [3.63, 3.8) is 0 Å². The second-order valence-electron chi connectivity index (χ2n) is 5.44. The molecular weight excluding hydrogens is 361 g/mol. The Balaban J connectivity index is 5.28. The van der Waals surface area contributed by atoms with E-state index in [1.165, 1.54) is 20.8 Å². The number of rotatable bonds is 6. The van der Waals surface area contributed by atoms with E-state index in [9.17, 15) is 31.1 Å². The topological polar surface area (TPSA) is 26.3 Å². The van der Waals surface area contributed by atoms with Crippen LogP contribution in [0.2, 0.25) is 0 Å². The summed E-state index contributed by atoms with van der Waals surface area (Å²) in [5.74, 6) is -0.766. The molecule has 0 aliphatic heterocycles. The third kappa shape index (κ3) is 5.08. The van der Waals surface area contributed by atoms with Gasteiger partial charge in [0, 0.05) is 11.8 Å². The Bertz CT molecular complexity index is 378. The molecule has 0 rings (SSSR count). The molecule has 0 bridgehead atoms. The van der Waals surface area contributed by atoms with Gasteiger partial charge in [0.1, 0.15) is 0 Å². The van der Waals surface area contributed by atoms with Crippen molar-refractivity contribution in [3.8, 4) is 0 Å². The van der Waals surface area contributed by atoms with Gasteiger partial charge in [0.15, 0.2) is 0 Å². The first-order chi connectivity index (χ1) is 9.58. The summed E-state index contributed by atoms with van der Waals surface area (Å²) in [4.78, 5) is 6.89. The van der Waals surface area contributed by atoms with Crippen LogP contribution in [0, 0.1) is 5.41 Å². The van der Waals surface area contributed by atoms with Crippen LogP contribution in [0.15, 0.2) is 0 Å². The molecule has 0 N–H and O–H groups in total.